The van der Waals surface area contributed by atoms with Crippen LogP contribution in [0.2, 0.25) is 5.02 Å². The summed E-state index contributed by atoms with van der Waals surface area (Å²) in [6, 6.07) is 21.1. The van der Waals surface area contributed by atoms with Crippen LogP contribution in [0.3, 0.4) is 0 Å². The molecule has 0 fully saturated rings. The van der Waals surface area contributed by atoms with Gasteiger partial charge in [0, 0.05) is 10.6 Å². The Balaban J connectivity index is 1.47. The van der Waals surface area contributed by atoms with Crippen LogP contribution in [0.1, 0.15) is 28.5 Å². The summed E-state index contributed by atoms with van der Waals surface area (Å²) >= 11 is 6.07. The smallest absolute Gasteiger partial charge is 0.230 e. The molecule has 0 aliphatic carbocycles. The highest BCUT2D eigenvalue weighted by Gasteiger charge is 2.39. The molecule has 0 N–H and O–H groups in total. The van der Waals surface area contributed by atoms with Crippen molar-refractivity contribution in [1.29, 1.82) is 0 Å². The van der Waals surface area contributed by atoms with Crippen LogP contribution in [-0.4, -0.2) is 29.4 Å². The van der Waals surface area contributed by atoms with E-state index in [2.05, 4.69) is 10.1 Å². The van der Waals surface area contributed by atoms with E-state index in [0.717, 1.165) is 33.8 Å². The maximum Gasteiger partial charge on any atom is 0.230 e. The van der Waals surface area contributed by atoms with E-state index >= 15 is 0 Å². The second-order valence-electron chi connectivity index (χ2n) is 8.28. The number of furan rings is 1. The predicted octanol–water partition coefficient (Wildman–Crippen LogP) is 5.82. The molecule has 5 heterocycles. The van der Waals surface area contributed by atoms with Gasteiger partial charge in [0.15, 0.2) is 11.5 Å². The van der Waals surface area contributed by atoms with Crippen LogP contribution < -0.4 is 4.74 Å². The molecule has 0 saturated heterocycles. The van der Waals surface area contributed by atoms with Crippen molar-refractivity contribution >= 4 is 17.2 Å². The molecule has 4 aromatic heterocycles. The fourth-order valence-electron chi connectivity index (χ4n) is 4.58. The highest BCUT2D eigenvalue weighted by molar-refractivity contribution is 6.30. The number of benzene rings is 2. The first-order chi connectivity index (χ1) is 17.2. The van der Waals surface area contributed by atoms with E-state index in [4.69, 9.17) is 30.8 Å². The third-order valence-corrected chi connectivity index (χ3v) is 6.40. The summed E-state index contributed by atoms with van der Waals surface area (Å²) in [5.74, 6) is 2.05. The number of fused-ring (bicyclic) bond motifs is 4. The Kier molecular flexibility index (Phi) is 4.31. The van der Waals surface area contributed by atoms with Gasteiger partial charge in [-0.2, -0.15) is 5.10 Å². The van der Waals surface area contributed by atoms with Gasteiger partial charge in [-0.1, -0.05) is 29.8 Å². The number of aromatic nitrogens is 6. The zero-order valence-corrected chi connectivity index (χ0v) is 19.2. The van der Waals surface area contributed by atoms with Crippen LogP contribution in [0, 0.1) is 6.92 Å². The van der Waals surface area contributed by atoms with Crippen molar-refractivity contribution < 1.29 is 9.15 Å². The van der Waals surface area contributed by atoms with E-state index in [9.17, 15) is 0 Å². The molecule has 0 spiro atoms. The van der Waals surface area contributed by atoms with Crippen molar-refractivity contribution in [3.63, 3.8) is 0 Å². The molecule has 35 heavy (non-hydrogen) atoms. The zero-order valence-electron chi connectivity index (χ0n) is 18.5. The predicted molar refractivity (Wildman–Crippen MR) is 129 cm³/mol. The highest BCUT2D eigenvalue weighted by atomic mass is 35.5. The van der Waals surface area contributed by atoms with Crippen LogP contribution in [0.4, 0.5) is 0 Å². The maximum absolute atomic E-state index is 6.40. The average molecular weight is 481 g/mol. The van der Waals surface area contributed by atoms with Gasteiger partial charge in [-0.25, -0.2) is 19.2 Å². The van der Waals surface area contributed by atoms with Gasteiger partial charge in [0.05, 0.1) is 34.7 Å². The third kappa shape index (κ3) is 3.07. The molecule has 0 saturated carbocycles. The van der Waals surface area contributed by atoms with E-state index < -0.39 is 0 Å². The molecule has 170 valence electrons. The molecule has 9 heteroatoms. The molecule has 1 aliphatic heterocycles. The quantitative estimate of drug-likeness (QED) is 0.317. The van der Waals surface area contributed by atoms with Crippen molar-refractivity contribution in [3.8, 4) is 28.8 Å². The minimum atomic E-state index is -0.320. The van der Waals surface area contributed by atoms with Gasteiger partial charge < -0.3 is 9.15 Å². The van der Waals surface area contributed by atoms with Crippen LogP contribution in [0.5, 0.6) is 11.8 Å². The van der Waals surface area contributed by atoms with E-state index in [0.29, 0.717) is 28.3 Å². The summed E-state index contributed by atoms with van der Waals surface area (Å²) in [6.45, 7) is 1.97. The largest absolute Gasteiger partial charge is 0.468 e. The Morgan fingerprint density at radius 2 is 1.74 bits per heavy atom. The maximum atomic E-state index is 6.40. The zero-order chi connectivity index (χ0) is 23.5. The lowest BCUT2D eigenvalue weighted by Gasteiger charge is -2.24. The van der Waals surface area contributed by atoms with Gasteiger partial charge in [0.2, 0.25) is 11.8 Å². The Morgan fingerprint density at radius 3 is 2.51 bits per heavy atom. The van der Waals surface area contributed by atoms with Gasteiger partial charge >= 0.3 is 0 Å². The fourth-order valence-corrected chi connectivity index (χ4v) is 4.71. The molecular formula is C26H17ClN6O2. The Hall–Kier alpha value is -4.43. The summed E-state index contributed by atoms with van der Waals surface area (Å²) in [5.41, 5.74) is 4.90. The summed E-state index contributed by atoms with van der Waals surface area (Å²) in [6.07, 6.45) is 3.28. The molecule has 2 aromatic carbocycles. The van der Waals surface area contributed by atoms with Crippen LogP contribution in [0.15, 0.2) is 83.7 Å². The lowest BCUT2D eigenvalue weighted by molar-refractivity contribution is 0.392. The molecule has 1 atom stereocenters. The minimum Gasteiger partial charge on any atom is -0.468 e. The normalized spacial score (nSPS) is 14.5. The molecule has 1 aliphatic rings. The molecular weight excluding hydrogens is 464 g/mol. The van der Waals surface area contributed by atoms with E-state index in [1.165, 1.54) is 0 Å². The number of nitrogens with zero attached hydrogens (tertiary/aromatic N) is 6. The summed E-state index contributed by atoms with van der Waals surface area (Å²) < 4.78 is 15.8. The molecule has 0 amide bonds. The first-order valence-corrected chi connectivity index (χ1v) is 11.4. The van der Waals surface area contributed by atoms with Gasteiger partial charge in [0.25, 0.3) is 0 Å². The highest BCUT2D eigenvalue weighted by Crippen LogP contribution is 2.49. The molecule has 7 rings (SSSR count). The van der Waals surface area contributed by atoms with Gasteiger partial charge in [-0.15, -0.1) is 5.10 Å². The average Bonchev–Trinajstić information content (AvgIpc) is 3.63. The first kappa shape index (κ1) is 20.0. The minimum absolute atomic E-state index is 0.320. The van der Waals surface area contributed by atoms with Crippen molar-refractivity contribution in [3.05, 3.63) is 107 Å². The molecule has 0 radical (unpaired) electrons. The molecule has 6 aromatic rings. The summed E-state index contributed by atoms with van der Waals surface area (Å²) in [7, 11) is 0. The second-order valence-corrected chi connectivity index (χ2v) is 8.71. The van der Waals surface area contributed by atoms with Crippen LogP contribution in [0.25, 0.3) is 22.7 Å². The van der Waals surface area contributed by atoms with Crippen LogP contribution >= 0.6 is 11.6 Å². The van der Waals surface area contributed by atoms with Crippen molar-refractivity contribution in [1.82, 2.24) is 29.4 Å². The number of ether oxygens (including phenoxy) is 1. The van der Waals surface area contributed by atoms with E-state index in [-0.39, 0.29) is 5.92 Å². The van der Waals surface area contributed by atoms with Crippen molar-refractivity contribution in [2.45, 2.75) is 12.8 Å². The number of rotatable bonds is 3. The number of halogens is 1. The Morgan fingerprint density at radius 1 is 0.914 bits per heavy atom. The molecule has 0 unspecified atom stereocenters. The van der Waals surface area contributed by atoms with Gasteiger partial charge in [0.1, 0.15) is 12.1 Å². The second kappa shape index (κ2) is 7.54. The van der Waals surface area contributed by atoms with Crippen molar-refractivity contribution in [2.24, 2.45) is 0 Å². The SMILES string of the molecule is Cc1nn(-c2ccccc2)c2c1[C@H](c1ccco1)c1c(ncn3nc(-c4ccc(Cl)cc4)nc13)O2. The van der Waals surface area contributed by atoms with E-state index in [1.54, 1.807) is 21.8 Å². The first-order valence-electron chi connectivity index (χ1n) is 11.0. The van der Waals surface area contributed by atoms with Crippen LogP contribution in [-0.2, 0) is 0 Å². The standard InChI is InChI=1S/C26H17ClN6O2/c1-15-20-21(19-8-5-13-34-19)22-24-29-23(16-9-11-17(27)12-10-16)31-32(24)14-28-25(22)35-26(20)33(30-15)18-6-3-2-4-7-18/h2-14,21H,1H3/t21-/m0/s1. The Labute approximate surface area is 204 Å². The van der Waals surface area contributed by atoms with Crippen molar-refractivity contribution in [2.75, 3.05) is 0 Å². The van der Waals surface area contributed by atoms with E-state index in [1.807, 2.05) is 73.7 Å². The number of hydrogen-bond donors (Lipinski definition) is 0. The Bertz CT molecular complexity index is 1690. The van der Waals surface area contributed by atoms with Gasteiger partial charge in [-0.05, 0) is 55.5 Å². The lowest BCUT2D eigenvalue weighted by atomic mass is 9.88. The fraction of sp³-hybridized carbons (Fsp3) is 0.0769. The molecule has 0 bridgehead atoms. The summed E-state index contributed by atoms with van der Waals surface area (Å²) in [4.78, 5) is 9.48. The van der Waals surface area contributed by atoms with Gasteiger partial charge in [-0.3, -0.25) is 0 Å². The topological polar surface area (TPSA) is 83.3 Å². The summed E-state index contributed by atoms with van der Waals surface area (Å²) in [5, 5.41) is 10.1. The number of para-hydroxylation sites is 1. The third-order valence-electron chi connectivity index (χ3n) is 6.15. The molecule has 8 nitrogen and oxygen atoms in total. The number of aryl methyl sites for hydroxylation is 1. The number of hydrogen-bond acceptors (Lipinski definition) is 6. The monoisotopic (exact) mass is 480 g/mol. The lowest BCUT2D eigenvalue weighted by Crippen LogP contribution is -2.15.